The minimum atomic E-state index is -0.847. The van der Waals surface area contributed by atoms with Crippen LogP contribution in [0.4, 0.5) is 0 Å². The number of carboxylic acid groups (broad SMARTS) is 1. The normalized spacial score (nSPS) is 12.9. The van der Waals surface area contributed by atoms with E-state index < -0.39 is 5.97 Å². The highest BCUT2D eigenvalue weighted by Gasteiger charge is 2.18. The summed E-state index contributed by atoms with van der Waals surface area (Å²) >= 11 is 6.16. The molecule has 0 saturated carbocycles. The summed E-state index contributed by atoms with van der Waals surface area (Å²) in [6.45, 7) is 1.81. The zero-order chi connectivity index (χ0) is 11.7. The van der Waals surface area contributed by atoms with E-state index in [1.54, 1.807) is 10.7 Å². The molecule has 0 aliphatic carbocycles. The summed E-state index contributed by atoms with van der Waals surface area (Å²) in [6.07, 6.45) is 1.82. The average Bonchev–Trinajstić information content (AvgIpc) is 2.56. The fraction of sp³-hybridized carbons (Fsp3) is 0.273. The highest BCUT2D eigenvalue weighted by Crippen LogP contribution is 2.29. The number of fused-ring (bicyclic) bond motifs is 1. The molecule has 2 aromatic heterocycles. The van der Waals surface area contributed by atoms with Crippen molar-refractivity contribution in [2.45, 2.75) is 19.3 Å². The SMILES string of the molecule is CC(CC(=O)O)c1nn2ccccc2c1Cl. The molecule has 0 radical (unpaired) electrons. The molecule has 0 aliphatic heterocycles. The number of pyridine rings is 1. The zero-order valence-corrected chi connectivity index (χ0v) is 9.48. The van der Waals surface area contributed by atoms with Crippen molar-refractivity contribution in [2.75, 3.05) is 0 Å². The summed E-state index contributed by atoms with van der Waals surface area (Å²) in [5, 5.41) is 13.6. The fourth-order valence-corrected chi connectivity index (χ4v) is 2.03. The molecule has 0 spiro atoms. The van der Waals surface area contributed by atoms with Gasteiger partial charge < -0.3 is 5.11 Å². The summed E-state index contributed by atoms with van der Waals surface area (Å²) < 4.78 is 1.66. The molecule has 84 valence electrons. The minimum Gasteiger partial charge on any atom is -0.481 e. The molecule has 1 N–H and O–H groups in total. The summed E-state index contributed by atoms with van der Waals surface area (Å²) in [7, 11) is 0. The van der Waals surface area contributed by atoms with Gasteiger partial charge in [-0.1, -0.05) is 24.6 Å². The molecule has 16 heavy (non-hydrogen) atoms. The largest absolute Gasteiger partial charge is 0.481 e. The van der Waals surface area contributed by atoms with Crippen LogP contribution in [-0.2, 0) is 4.79 Å². The van der Waals surface area contributed by atoms with Crippen LogP contribution >= 0.6 is 11.6 Å². The molecule has 0 aromatic carbocycles. The Bertz CT molecular complexity index is 536. The van der Waals surface area contributed by atoms with Crippen LogP contribution in [0.5, 0.6) is 0 Å². The summed E-state index contributed by atoms with van der Waals surface area (Å²) in [5.74, 6) is -1.04. The van der Waals surface area contributed by atoms with Crippen molar-refractivity contribution in [1.29, 1.82) is 0 Å². The number of aromatic nitrogens is 2. The predicted molar refractivity (Wildman–Crippen MR) is 60.9 cm³/mol. The van der Waals surface area contributed by atoms with Gasteiger partial charge in [0.05, 0.1) is 22.7 Å². The predicted octanol–water partition coefficient (Wildman–Crippen LogP) is 2.57. The molecule has 2 aromatic rings. The van der Waals surface area contributed by atoms with Crippen LogP contribution in [0.15, 0.2) is 24.4 Å². The maximum Gasteiger partial charge on any atom is 0.304 e. The number of carbonyl (C=O) groups is 1. The standard InChI is InChI=1S/C11H11ClN2O2/c1-7(6-9(15)16)11-10(12)8-4-2-3-5-14(8)13-11/h2-5,7H,6H2,1H3,(H,15,16). The monoisotopic (exact) mass is 238 g/mol. The first kappa shape index (κ1) is 11.0. The number of halogens is 1. The zero-order valence-electron chi connectivity index (χ0n) is 8.72. The van der Waals surface area contributed by atoms with Gasteiger partial charge in [-0.15, -0.1) is 0 Å². The Morgan fingerprint density at radius 2 is 2.38 bits per heavy atom. The Balaban J connectivity index is 2.45. The third-order valence-corrected chi connectivity index (χ3v) is 2.84. The second-order valence-electron chi connectivity index (χ2n) is 3.73. The maximum absolute atomic E-state index is 10.6. The molecule has 0 aliphatic rings. The second kappa shape index (κ2) is 4.14. The van der Waals surface area contributed by atoms with Crippen molar-refractivity contribution >= 4 is 23.1 Å². The molecular weight excluding hydrogens is 228 g/mol. The molecule has 0 bridgehead atoms. The van der Waals surface area contributed by atoms with Crippen LogP contribution < -0.4 is 0 Å². The van der Waals surface area contributed by atoms with Gasteiger partial charge in [0.25, 0.3) is 0 Å². The molecule has 1 atom stereocenters. The Hall–Kier alpha value is -1.55. The van der Waals surface area contributed by atoms with Crippen LogP contribution in [0, 0.1) is 0 Å². The summed E-state index contributed by atoms with van der Waals surface area (Å²) in [6, 6.07) is 5.57. The van der Waals surface area contributed by atoms with E-state index in [1.807, 2.05) is 25.1 Å². The molecule has 2 rings (SSSR count). The van der Waals surface area contributed by atoms with E-state index >= 15 is 0 Å². The van der Waals surface area contributed by atoms with Crippen LogP contribution in [-0.4, -0.2) is 20.7 Å². The van der Waals surface area contributed by atoms with Crippen LogP contribution in [0.25, 0.3) is 5.52 Å². The molecule has 1 unspecified atom stereocenters. The first-order valence-corrected chi connectivity index (χ1v) is 5.32. The lowest BCUT2D eigenvalue weighted by Gasteiger charge is -2.04. The van der Waals surface area contributed by atoms with Gasteiger partial charge in [0.2, 0.25) is 0 Å². The number of rotatable bonds is 3. The van der Waals surface area contributed by atoms with Gasteiger partial charge in [0, 0.05) is 12.1 Å². The number of hydrogen-bond acceptors (Lipinski definition) is 2. The van der Waals surface area contributed by atoms with Gasteiger partial charge in [0.1, 0.15) is 0 Å². The lowest BCUT2D eigenvalue weighted by Crippen LogP contribution is -2.04. The van der Waals surface area contributed by atoms with Crippen molar-refractivity contribution in [3.05, 3.63) is 35.1 Å². The van der Waals surface area contributed by atoms with Crippen LogP contribution in [0.1, 0.15) is 25.0 Å². The quantitative estimate of drug-likeness (QED) is 0.894. The van der Waals surface area contributed by atoms with Gasteiger partial charge in [-0.2, -0.15) is 5.10 Å². The maximum atomic E-state index is 10.6. The molecule has 0 amide bonds. The lowest BCUT2D eigenvalue weighted by atomic mass is 10.0. The average molecular weight is 239 g/mol. The fourth-order valence-electron chi connectivity index (χ4n) is 1.66. The van der Waals surface area contributed by atoms with Crippen LogP contribution in [0.3, 0.4) is 0 Å². The van der Waals surface area contributed by atoms with E-state index in [2.05, 4.69) is 5.10 Å². The third-order valence-electron chi connectivity index (χ3n) is 2.45. The number of hydrogen-bond donors (Lipinski definition) is 1. The van der Waals surface area contributed by atoms with E-state index in [9.17, 15) is 4.79 Å². The Kier molecular flexibility index (Phi) is 2.83. The first-order chi connectivity index (χ1) is 7.59. The second-order valence-corrected chi connectivity index (χ2v) is 4.11. The highest BCUT2D eigenvalue weighted by molar-refractivity contribution is 6.34. The van der Waals surface area contributed by atoms with E-state index in [-0.39, 0.29) is 12.3 Å². The molecular formula is C11H11ClN2O2. The summed E-state index contributed by atoms with van der Waals surface area (Å²) in [4.78, 5) is 10.6. The van der Waals surface area contributed by atoms with E-state index in [4.69, 9.17) is 16.7 Å². The molecule has 0 fully saturated rings. The van der Waals surface area contributed by atoms with Gasteiger partial charge in [0.15, 0.2) is 0 Å². The van der Waals surface area contributed by atoms with Gasteiger partial charge in [-0.3, -0.25) is 4.79 Å². The van der Waals surface area contributed by atoms with Gasteiger partial charge in [-0.05, 0) is 12.1 Å². The van der Waals surface area contributed by atoms with Gasteiger partial charge in [-0.25, -0.2) is 4.52 Å². The van der Waals surface area contributed by atoms with E-state index in [0.29, 0.717) is 10.7 Å². The Morgan fingerprint density at radius 3 is 3.00 bits per heavy atom. The Labute approximate surface area is 97.5 Å². The van der Waals surface area contributed by atoms with Crippen molar-refractivity contribution in [1.82, 2.24) is 9.61 Å². The first-order valence-electron chi connectivity index (χ1n) is 4.94. The highest BCUT2D eigenvalue weighted by atomic mass is 35.5. The Morgan fingerprint density at radius 1 is 1.62 bits per heavy atom. The topological polar surface area (TPSA) is 54.6 Å². The molecule has 0 saturated heterocycles. The van der Waals surface area contributed by atoms with E-state index in [1.165, 1.54) is 0 Å². The smallest absolute Gasteiger partial charge is 0.304 e. The molecule has 5 heteroatoms. The molecule has 4 nitrogen and oxygen atoms in total. The number of nitrogens with zero attached hydrogens (tertiary/aromatic N) is 2. The number of carboxylic acids is 1. The van der Waals surface area contributed by atoms with Crippen molar-refractivity contribution < 1.29 is 9.90 Å². The van der Waals surface area contributed by atoms with E-state index in [0.717, 1.165) is 5.52 Å². The summed E-state index contributed by atoms with van der Waals surface area (Å²) in [5.41, 5.74) is 1.44. The van der Waals surface area contributed by atoms with Crippen LogP contribution in [0.2, 0.25) is 5.02 Å². The third kappa shape index (κ3) is 1.88. The lowest BCUT2D eigenvalue weighted by molar-refractivity contribution is -0.137. The number of aliphatic carboxylic acids is 1. The van der Waals surface area contributed by atoms with Gasteiger partial charge >= 0.3 is 5.97 Å². The van der Waals surface area contributed by atoms with Crippen molar-refractivity contribution in [3.63, 3.8) is 0 Å². The van der Waals surface area contributed by atoms with Crippen molar-refractivity contribution in [2.24, 2.45) is 0 Å². The molecule has 2 heterocycles. The minimum absolute atomic E-state index is 0.0314. The van der Waals surface area contributed by atoms with Crippen molar-refractivity contribution in [3.8, 4) is 0 Å².